The minimum Gasteiger partial charge on any atom is -0.507 e. The number of carbonyl (C=O) groups excluding carboxylic acids is 3. The predicted octanol–water partition coefficient (Wildman–Crippen LogP) is 4.94. The van der Waals surface area contributed by atoms with Gasteiger partial charge in [-0.1, -0.05) is 23.7 Å². The van der Waals surface area contributed by atoms with Gasteiger partial charge in [-0.3, -0.25) is 19.3 Å². The lowest BCUT2D eigenvalue weighted by atomic mass is 9.95. The highest BCUT2D eigenvalue weighted by Crippen LogP contribution is 2.43. The van der Waals surface area contributed by atoms with Gasteiger partial charge in [0.05, 0.1) is 30.9 Å². The Morgan fingerprint density at radius 3 is 2.33 bits per heavy atom. The number of ether oxygens (including phenoxy) is 2. The molecule has 0 spiro atoms. The molecule has 1 aliphatic heterocycles. The van der Waals surface area contributed by atoms with Crippen molar-refractivity contribution in [3.63, 3.8) is 0 Å². The number of halogens is 1. The average molecular weight is 507 g/mol. The third-order valence-corrected chi connectivity index (χ3v) is 6.04. The molecule has 0 aromatic heterocycles. The van der Waals surface area contributed by atoms with Gasteiger partial charge in [0.15, 0.2) is 0 Å². The van der Waals surface area contributed by atoms with E-state index in [-0.39, 0.29) is 27.8 Å². The first-order valence-corrected chi connectivity index (χ1v) is 11.3. The van der Waals surface area contributed by atoms with Crippen LogP contribution in [-0.4, -0.2) is 36.9 Å². The van der Waals surface area contributed by atoms with Crippen LogP contribution in [0.1, 0.15) is 24.1 Å². The first-order chi connectivity index (χ1) is 17.2. The first kappa shape index (κ1) is 24.8. The molecule has 2 amide bonds. The minimum absolute atomic E-state index is 0.0968. The topological polar surface area (TPSA) is 105 Å². The second-order valence-corrected chi connectivity index (χ2v) is 8.43. The number of Topliss-reactive ketones (excluding diaryl/α,β-unsaturated/α-hetero) is 1. The van der Waals surface area contributed by atoms with Crippen LogP contribution in [-0.2, 0) is 14.4 Å². The molecular weight excluding hydrogens is 484 g/mol. The van der Waals surface area contributed by atoms with Crippen LogP contribution in [0.25, 0.3) is 5.76 Å². The van der Waals surface area contributed by atoms with E-state index in [9.17, 15) is 19.5 Å². The lowest BCUT2D eigenvalue weighted by Crippen LogP contribution is -2.29. The number of amides is 2. The summed E-state index contributed by atoms with van der Waals surface area (Å²) >= 11 is 6.25. The molecule has 36 heavy (non-hydrogen) atoms. The van der Waals surface area contributed by atoms with Crippen molar-refractivity contribution in [3.05, 3.63) is 88.5 Å². The maximum absolute atomic E-state index is 13.3. The number of rotatable bonds is 6. The molecule has 3 aromatic rings. The second kappa shape index (κ2) is 10.1. The fraction of sp³-hybridized carbons (Fsp3) is 0.148. The van der Waals surface area contributed by atoms with Crippen LogP contribution in [0.4, 0.5) is 11.4 Å². The van der Waals surface area contributed by atoms with Crippen LogP contribution < -0.4 is 19.7 Å². The molecule has 1 saturated heterocycles. The zero-order chi connectivity index (χ0) is 26.0. The number of carbonyl (C=O) groups is 3. The lowest BCUT2D eigenvalue weighted by molar-refractivity contribution is -0.132. The number of hydrogen-bond donors (Lipinski definition) is 2. The maximum Gasteiger partial charge on any atom is 0.300 e. The number of aliphatic hydroxyl groups is 1. The molecule has 4 rings (SSSR count). The standard InChI is InChI=1S/C27H23ClN2O6/c1-15(31)29-18-8-10-19(11-9-18)30-24(16-5-4-6-20(13-16)35-2)23(26(33)27(30)34)25(32)17-7-12-22(36-3)21(28)14-17/h4-14,24,32H,1-3H3,(H,29,31)/b25-23-. The van der Waals surface area contributed by atoms with Gasteiger partial charge < -0.3 is 19.9 Å². The Kier molecular flexibility index (Phi) is 6.98. The van der Waals surface area contributed by atoms with E-state index >= 15 is 0 Å². The quantitative estimate of drug-likeness (QED) is 0.279. The lowest BCUT2D eigenvalue weighted by Gasteiger charge is -2.26. The maximum atomic E-state index is 13.3. The average Bonchev–Trinajstić information content (AvgIpc) is 3.14. The summed E-state index contributed by atoms with van der Waals surface area (Å²) in [6, 6.07) is 17.0. The molecule has 0 radical (unpaired) electrons. The Morgan fingerprint density at radius 2 is 1.72 bits per heavy atom. The highest BCUT2D eigenvalue weighted by atomic mass is 35.5. The number of benzene rings is 3. The predicted molar refractivity (Wildman–Crippen MR) is 137 cm³/mol. The number of aliphatic hydroxyl groups excluding tert-OH is 1. The van der Waals surface area contributed by atoms with Crippen LogP contribution >= 0.6 is 11.6 Å². The van der Waals surface area contributed by atoms with Gasteiger partial charge in [0.1, 0.15) is 17.3 Å². The Bertz CT molecular complexity index is 1380. The summed E-state index contributed by atoms with van der Waals surface area (Å²) in [4.78, 5) is 39.3. The minimum atomic E-state index is -0.951. The molecular formula is C27H23ClN2O6. The zero-order valence-corrected chi connectivity index (χ0v) is 20.5. The number of methoxy groups -OCH3 is 2. The van der Waals surface area contributed by atoms with Gasteiger partial charge in [0.25, 0.3) is 11.7 Å². The Morgan fingerprint density at radius 1 is 1.00 bits per heavy atom. The van der Waals surface area contributed by atoms with Gasteiger partial charge in [-0.2, -0.15) is 0 Å². The van der Waals surface area contributed by atoms with Gasteiger partial charge in [0, 0.05) is 23.9 Å². The van der Waals surface area contributed by atoms with E-state index in [2.05, 4.69) is 5.32 Å². The number of nitrogens with zero attached hydrogens (tertiary/aromatic N) is 1. The summed E-state index contributed by atoms with van der Waals surface area (Å²) in [7, 11) is 2.97. The van der Waals surface area contributed by atoms with Crippen molar-refractivity contribution >= 4 is 46.3 Å². The van der Waals surface area contributed by atoms with E-state index in [0.717, 1.165) is 0 Å². The van der Waals surface area contributed by atoms with Crippen LogP contribution in [0, 0.1) is 0 Å². The molecule has 0 bridgehead atoms. The molecule has 1 heterocycles. The number of hydrogen-bond acceptors (Lipinski definition) is 6. The van der Waals surface area contributed by atoms with Gasteiger partial charge in [-0.05, 0) is 60.2 Å². The number of anilines is 2. The first-order valence-electron chi connectivity index (χ1n) is 10.9. The van der Waals surface area contributed by atoms with E-state index in [1.54, 1.807) is 60.7 Å². The molecule has 1 aliphatic rings. The molecule has 3 aromatic carbocycles. The summed E-state index contributed by atoms with van der Waals surface area (Å²) < 4.78 is 10.5. The van der Waals surface area contributed by atoms with E-state index < -0.39 is 17.7 Å². The summed E-state index contributed by atoms with van der Waals surface area (Å²) in [5, 5.41) is 14.2. The second-order valence-electron chi connectivity index (χ2n) is 8.02. The van der Waals surface area contributed by atoms with Crippen LogP contribution in [0.5, 0.6) is 11.5 Å². The Balaban J connectivity index is 1.89. The van der Waals surface area contributed by atoms with E-state index in [0.29, 0.717) is 28.4 Å². The number of nitrogens with one attached hydrogen (secondary N) is 1. The van der Waals surface area contributed by atoms with Gasteiger partial charge >= 0.3 is 0 Å². The van der Waals surface area contributed by atoms with Crippen molar-refractivity contribution in [2.75, 3.05) is 24.4 Å². The third kappa shape index (κ3) is 4.63. The summed E-state index contributed by atoms with van der Waals surface area (Å²) in [5.74, 6) is -1.35. The summed E-state index contributed by atoms with van der Waals surface area (Å²) in [5.41, 5.74) is 1.66. The van der Waals surface area contributed by atoms with Crippen molar-refractivity contribution < 1.29 is 29.0 Å². The molecule has 1 atom stereocenters. The van der Waals surface area contributed by atoms with Crippen molar-refractivity contribution in [2.24, 2.45) is 0 Å². The molecule has 1 unspecified atom stereocenters. The van der Waals surface area contributed by atoms with Crippen molar-refractivity contribution in [1.82, 2.24) is 0 Å². The monoisotopic (exact) mass is 506 g/mol. The summed E-state index contributed by atoms with van der Waals surface area (Å²) in [6.07, 6.45) is 0. The van der Waals surface area contributed by atoms with Crippen molar-refractivity contribution in [1.29, 1.82) is 0 Å². The van der Waals surface area contributed by atoms with E-state index in [1.807, 2.05) is 0 Å². The van der Waals surface area contributed by atoms with E-state index in [4.69, 9.17) is 21.1 Å². The van der Waals surface area contributed by atoms with Crippen LogP contribution in [0.3, 0.4) is 0 Å². The van der Waals surface area contributed by atoms with Crippen LogP contribution in [0.2, 0.25) is 5.02 Å². The molecule has 9 heteroatoms. The van der Waals surface area contributed by atoms with E-state index in [1.165, 1.54) is 32.1 Å². The highest BCUT2D eigenvalue weighted by Gasteiger charge is 2.47. The Hall–Kier alpha value is -4.30. The smallest absolute Gasteiger partial charge is 0.300 e. The normalized spacial score (nSPS) is 16.7. The molecule has 0 saturated carbocycles. The Labute approximate surface area is 212 Å². The molecule has 0 aliphatic carbocycles. The summed E-state index contributed by atoms with van der Waals surface area (Å²) in [6.45, 7) is 1.39. The van der Waals surface area contributed by atoms with Gasteiger partial charge in [0.2, 0.25) is 5.91 Å². The van der Waals surface area contributed by atoms with Crippen molar-refractivity contribution in [3.8, 4) is 11.5 Å². The fourth-order valence-corrected chi connectivity index (χ4v) is 4.36. The fourth-order valence-electron chi connectivity index (χ4n) is 4.10. The zero-order valence-electron chi connectivity index (χ0n) is 19.7. The molecule has 2 N–H and O–H groups in total. The van der Waals surface area contributed by atoms with Crippen LogP contribution in [0.15, 0.2) is 72.3 Å². The number of ketones is 1. The molecule has 184 valence electrons. The SMILES string of the molecule is COc1cccc(C2/C(=C(/O)c3ccc(OC)c(Cl)c3)C(=O)C(=O)N2c2ccc(NC(C)=O)cc2)c1. The molecule has 8 nitrogen and oxygen atoms in total. The van der Waals surface area contributed by atoms with Gasteiger partial charge in [-0.15, -0.1) is 0 Å². The van der Waals surface area contributed by atoms with Crippen molar-refractivity contribution in [2.45, 2.75) is 13.0 Å². The van der Waals surface area contributed by atoms with Gasteiger partial charge in [-0.25, -0.2) is 0 Å². The molecule has 1 fully saturated rings. The highest BCUT2D eigenvalue weighted by molar-refractivity contribution is 6.51. The largest absolute Gasteiger partial charge is 0.507 e. The third-order valence-electron chi connectivity index (χ3n) is 5.75.